The van der Waals surface area contributed by atoms with Crippen LogP contribution in [0.3, 0.4) is 0 Å². The minimum absolute atomic E-state index is 0.0371. The number of furan rings is 1. The number of anilines is 1. The lowest BCUT2D eigenvalue weighted by Gasteiger charge is -2.41. The number of methoxy groups -OCH3 is 1. The van der Waals surface area contributed by atoms with Gasteiger partial charge in [-0.25, -0.2) is 4.79 Å². The molecule has 1 amide bonds. The second-order valence-electron chi connectivity index (χ2n) is 7.88. The summed E-state index contributed by atoms with van der Waals surface area (Å²) in [7, 11) is 1.33. The number of amides is 1. The van der Waals surface area contributed by atoms with Gasteiger partial charge in [0.25, 0.3) is 0 Å². The Labute approximate surface area is 181 Å². The molecule has 0 bridgehead atoms. The third-order valence-corrected chi connectivity index (χ3v) is 5.76. The highest BCUT2D eigenvalue weighted by molar-refractivity contribution is 5.90. The predicted molar refractivity (Wildman–Crippen MR) is 118 cm³/mol. The molecular formula is C24H27N3O4. The normalized spacial score (nSPS) is 16.4. The summed E-state index contributed by atoms with van der Waals surface area (Å²) in [6, 6.07) is 15.6. The lowest BCUT2D eigenvalue weighted by atomic mass is 10.1. The van der Waals surface area contributed by atoms with Crippen LogP contribution in [0.15, 0.2) is 59.2 Å². The number of hydrogen-bond donors (Lipinski definition) is 0. The van der Waals surface area contributed by atoms with Gasteiger partial charge in [-0.3, -0.25) is 4.79 Å². The first kappa shape index (κ1) is 20.8. The third-order valence-electron chi connectivity index (χ3n) is 5.76. The highest BCUT2D eigenvalue weighted by Crippen LogP contribution is 2.25. The number of nitrogens with zero attached hydrogens (tertiary/aromatic N) is 3. The van der Waals surface area contributed by atoms with Gasteiger partial charge in [-0.05, 0) is 55.8 Å². The van der Waals surface area contributed by atoms with Crippen LogP contribution in [0.25, 0.3) is 11.5 Å². The molecule has 0 spiro atoms. The predicted octanol–water partition coefficient (Wildman–Crippen LogP) is 3.58. The SMILES string of the molecule is COC(=O)c1ccc(-c2ccco2)n1CC(=O)N1CCN(c2cccc(C)c2)C(C)C1. The van der Waals surface area contributed by atoms with E-state index in [1.165, 1.54) is 18.4 Å². The van der Waals surface area contributed by atoms with Crippen LogP contribution in [0.4, 0.5) is 5.69 Å². The number of ether oxygens (including phenoxy) is 1. The molecule has 0 radical (unpaired) electrons. The van der Waals surface area contributed by atoms with Gasteiger partial charge in [-0.15, -0.1) is 0 Å². The van der Waals surface area contributed by atoms with Gasteiger partial charge in [0.05, 0.1) is 19.1 Å². The molecule has 0 saturated carbocycles. The molecule has 1 atom stereocenters. The average Bonchev–Trinajstić information content (AvgIpc) is 3.43. The molecule has 1 unspecified atom stereocenters. The molecule has 162 valence electrons. The Balaban J connectivity index is 1.51. The Morgan fingerprint density at radius 1 is 1.13 bits per heavy atom. The summed E-state index contributed by atoms with van der Waals surface area (Å²) in [6.07, 6.45) is 1.57. The van der Waals surface area contributed by atoms with Gasteiger partial charge in [-0.1, -0.05) is 12.1 Å². The Morgan fingerprint density at radius 2 is 1.97 bits per heavy atom. The Morgan fingerprint density at radius 3 is 2.65 bits per heavy atom. The van der Waals surface area contributed by atoms with Crippen LogP contribution < -0.4 is 4.90 Å². The molecule has 1 aromatic carbocycles. The van der Waals surface area contributed by atoms with Crippen LogP contribution in [0, 0.1) is 6.92 Å². The first-order valence-corrected chi connectivity index (χ1v) is 10.4. The number of rotatable bonds is 5. The maximum absolute atomic E-state index is 13.2. The maximum Gasteiger partial charge on any atom is 0.354 e. The van der Waals surface area contributed by atoms with Gasteiger partial charge >= 0.3 is 5.97 Å². The molecule has 31 heavy (non-hydrogen) atoms. The zero-order chi connectivity index (χ0) is 22.0. The van der Waals surface area contributed by atoms with Gasteiger partial charge < -0.3 is 23.5 Å². The number of hydrogen-bond acceptors (Lipinski definition) is 5. The quantitative estimate of drug-likeness (QED) is 0.589. The van der Waals surface area contributed by atoms with Crippen LogP contribution in [-0.2, 0) is 16.1 Å². The Bertz CT molecular complexity index is 1070. The maximum atomic E-state index is 13.2. The topological polar surface area (TPSA) is 67.9 Å². The van der Waals surface area contributed by atoms with Crippen LogP contribution >= 0.6 is 0 Å². The summed E-state index contributed by atoms with van der Waals surface area (Å²) in [4.78, 5) is 29.6. The number of piperazine rings is 1. The summed E-state index contributed by atoms with van der Waals surface area (Å²) in [5, 5.41) is 0. The Hall–Kier alpha value is -3.48. The second kappa shape index (κ2) is 8.71. The molecule has 1 fully saturated rings. The van der Waals surface area contributed by atoms with Gasteiger partial charge in [0, 0.05) is 31.4 Å². The van der Waals surface area contributed by atoms with Gasteiger partial charge in [0.15, 0.2) is 0 Å². The fraction of sp³-hybridized carbons (Fsp3) is 0.333. The lowest BCUT2D eigenvalue weighted by molar-refractivity contribution is -0.132. The first-order chi connectivity index (χ1) is 15.0. The summed E-state index contributed by atoms with van der Waals surface area (Å²) in [5.41, 5.74) is 3.40. The molecule has 7 nitrogen and oxygen atoms in total. The number of aromatic nitrogens is 1. The third kappa shape index (κ3) is 4.21. The van der Waals surface area contributed by atoms with Crippen LogP contribution in [-0.4, -0.2) is 54.1 Å². The van der Waals surface area contributed by atoms with E-state index in [2.05, 4.69) is 43.0 Å². The van der Waals surface area contributed by atoms with Crippen LogP contribution in [0.1, 0.15) is 23.0 Å². The van der Waals surface area contributed by atoms with Crippen molar-refractivity contribution in [1.82, 2.24) is 9.47 Å². The molecule has 2 aromatic heterocycles. The first-order valence-electron chi connectivity index (χ1n) is 10.4. The van der Waals surface area contributed by atoms with Crippen molar-refractivity contribution in [3.8, 4) is 11.5 Å². The van der Waals surface area contributed by atoms with Crippen molar-refractivity contribution in [2.75, 3.05) is 31.6 Å². The molecule has 1 aliphatic heterocycles. The largest absolute Gasteiger partial charge is 0.464 e. The molecule has 7 heteroatoms. The van der Waals surface area contributed by atoms with Crippen molar-refractivity contribution in [1.29, 1.82) is 0 Å². The molecule has 0 N–H and O–H groups in total. The summed E-state index contributed by atoms with van der Waals surface area (Å²) >= 11 is 0. The summed E-state index contributed by atoms with van der Waals surface area (Å²) in [6.45, 7) is 6.27. The van der Waals surface area contributed by atoms with E-state index < -0.39 is 5.97 Å². The summed E-state index contributed by atoms with van der Waals surface area (Å²) in [5.74, 6) is 0.0775. The van der Waals surface area contributed by atoms with E-state index in [4.69, 9.17) is 9.15 Å². The molecule has 3 aromatic rings. The van der Waals surface area contributed by atoms with Crippen molar-refractivity contribution >= 4 is 17.6 Å². The number of aryl methyl sites for hydroxylation is 1. The number of carbonyl (C=O) groups excluding carboxylic acids is 2. The fourth-order valence-electron chi connectivity index (χ4n) is 4.17. The second-order valence-corrected chi connectivity index (χ2v) is 7.88. The van der Waals surface area contributed by atoms with Crippen LogP contribution in [0.5, 0.6) is 0 Å². The lowest BCUT2D eigenvalue weighted by Crippen LogP contribution is -2.54. The highest BCUT2D eigenvalue weighted by atomic mass is 16.5. The average molecular weight is 421 g/mol. The number of benzene rings is 1. The van der Waals surface area contributed by atoms with E-state index in [0.717, 1.165) is 6.54 Å². The van der Waals surface area contributed by atoms with E-state index in [1.807, 2.05) is 4.90 Å². The smallest absolute Gasteiger partial charge is 0.354 e. The van der Waals surface area contributed by atoms with Crippen molar-refractivity contribution in [2.45, 2.75) is 26.4 Å². The van der Waals surface area contributed by atoms with Gasteiger partial charge in [0.1, 0.15) is 18.0 Å². The minimum Gasteiger partial charge on any atom is -0.464 e. The standard InChI is InChI=1S/C24H27N3O4/c1-17-6-4-7-19(14-17)26-12-11-25(15-18(26)2)23(28)16-27-20(22-8-5-13-31-22)9-10-21(27)24(29)30-3/h4-10,13-14,18H,11-12,15-16H2,1-3H3. The molecule has 0 aliphatic carbocycles. The van der Waals surface area contributed by atoms with Crippen molar-refractivity contribution in [3.05, 3.63) is 66.1 Å². The zero-order valence-corrected chi connectivity index (χ0v) is 18.1. The molecule has 1 saturated heterocycles. The number of carbonyl (C=O) groups is 2. The van der Waals surface area contributed by atoms with Gasteiger partial charge in [0.2, 0.25) is 5.91 Å². The monoisotopic (exact) mass is 421 g/mol. The van der Waals surface area contributed by atoms with Crippen molar-refractivity contribution < 1.29 is 18.7 Å². The van der Waals surface area contributed by atoms with Gasteiger partial charge in [-0.2, -0.15) is 0 Å². The molecule has 3 heterocycles. The number of esters is 1. The van der Waals surface area contributed by atoms with E-state index >= 15 is 0 Å². The molecule has 1 aliphatic rings. The minimum atomic E-state index is -0.483. The van der Waals surface area contributed by atoms with Crippen LogP contribution in [0.2, 0.25) is 0 Å². The summed E-state index contributed by atoms with van der Waals surface area (Å²) < 4.78 is 12.1. The zero-order valence-electron chi connectivity index (χ0n) is 18.1. The van der Waals surface area contributed by atoms with Crippen molar-refractivity contribution in [2.24, 2.45) is 0 Å². The highest BCUT2D eigenvalue weighted by Gasteiger charge is 2.28. The Kier molecular flexibility index (Phi) is 5.84. The molecule has 4 rings (SSSR count). The molecular weight excluding hydrogens is 394 g/mol. The van der Waals surface area contributed by atoms with E-state index in [-0.39, 0.29) is 18.5 Å². The van der Waals surface area contributed by atoms with E-state index in [9.17, 15) is 9.59 Å². The van der Waals surface area contributed by atoms with E-state index in [1.54, 1.807) is 35.1 Å². The van der Waals surface area contributed by atoms with E-state index in [0.29, 0.717) is 30.2 Å². The van der Waals surface area contributed by atoms with Crippen molar-refractivity contribution in [3.63, 3.8) is 0 Å². The fourth-order valence-corrected chi connectivity index (χ4v) is 4.17.